The van der Waals surface area contributed by atoms with E-state index in [-0.39, 0.29) is 11.4 Å². The number of aryl methyl sites for hydroxylation is 2. The third-order valence-electron chi connectivity index (χ3n) is 4.72. The maximum Gasteiger partial charge on any atom is 0.319 e. The van der Waals surface area contributed by atoms with Gasteiger partial charge in [-0.2, -0.15) is 0 Å². The molecule has 2 N–H and O–H groups in total. The first-order valence-electron chi connectivity index (χ1n) is 8.32. The van der Waals surface area contributed by atoms with Gasteiger partial charge in [-0.15, -0.1) is 0 Å². The molecule has 3 nitrogen and oxygen atoms in total. The third kappa shape index (κ3) is 3.73. The van der Waals surface area contributed by atoms with Gasteiger partial charge in [-0.05, 0) is 49.4 Å². The Kier molecular flexibility index (Phi) is 4.37. The highest BCUT2D eigenvalue weighted by molar-refractivity contribution is 5.89. The van der Waals surface area contributed by atoms with Crippen molar-refractivity contribution < 1.29 is 4.79 Å². The van der Waals surface area contributed by atoms with Crippen LogP contribution in [-0.2, 0) is 11.8 Å². The highest BCUT2D eigenvalue weighted by atomic mass is 16.2. The lowest BCUT2D eigenvalue weighted by Gasteiger charge is -2.17. The molecule has 0 unspecified atom stereocenters. The van der Waals surface area contributed by atoms with Gasteiger partial charge < -0.3 is 10.6 Å². The van der Waals surface area contributed by atoms with Crippen LogP contribution < -0.4 is 10.6 Å². The molecule has 2 aromatic rings. The summed E-state index contributed by atoms with van der Waals surface area (Å²) in [5.41, 5.74) is 4.84. The van der Waals surface area contributed by atoms with E-state index < -0.39 is 0 Å². The summed E-state index contributed by atoms with van der Waals surface area (Å²) in [6, 6.07) is 16.5. The van der Waals surface area contributed by atoms with Crippen molar-refractivity contribution in [2.24, 2.45) is 0 Å². The molecule has 0 aliphatic heterocycles. The maximum absolute atomic E-state index is 12.1. The molecule has 0 aromatic heterocycles. The van der Waals surface area contributed by atoms with Gasteiger partial charge in [0.25, 0.3) is 0 Å². The smallest absolute Gasteiger partial charge is 0.319 e. The molecule has 3 heteroatoms. The molecule has 23 heavy (non-hydrogen) atoms. The Labute approximate surface area is 138 Å². The number of rotatable bonds is 5. The Balaban J connectivity index is 1.55. The van der Waals surface area contributed by atoms with E-state index in [4.69, 9.17) is 0 Å². The van der Waals surface area contributed by atoms with Gasteiger partial charge in [-0.3, -0.25) is 0 Å². The zero-order valence-electron chi connectivity index (χ0n) is 13.9. The van der Waals surface area contributed by atoms with Crippen LogP contribution in [0.5, 0.6) is 0 Å². The van der Waals surface area contributed by atoms with Crippen molar-refractivity contribution in [2.75, 3.05) is 11.9 Å². The van der Waals surface area contributed by atoms with Crippen LogP contribution in [0, 0.1) is 6.92 Å². The summed E-state index contributed by atoms with van der Waals surface area (Å²) in [4.78, 5) is 12.1. The molecule has 120 valence electrons. The van der Waals surface area contributed by atoms with Gasteiger partial charge in [-0.1, -0.05) is 48.9 Å². The normalized spacial score (nSPS) is 15.0. The number of benzene rings is 2. The standard InChI is InChI=1S/C20H24N2O/c1-3-16-6-10-18(11-7-16)22-19(23)21-14-20(12-13-20)17-8-4-15(2)5-9-17/h4-11H,3,12-14H2,1-2H3,(H2,21,22,23). The summed E-state index contributed by atoms with van der Waals surface area (Å²) in [6.45, 7) is 4.91. The van der Waals surface area contributed by atoms with Crippen LogP contribution in [0.15, 0.2) is 48.5 Å². The van der Waals surface area contributed by atoms with Gasteiger partial charge in [0.2, 0.25) is 0 Å². The quantitative estimate of drug-likeness (QED) is 0.844. The second kappa shape index (κ2) is 6.45. The number of amides is 2. The number of nitrogens with one attached hydrogen (secondary N) is 2. The first kappa shape index (κ1) is 15.6. The van der Waals surface area contributed by atoms with Crippen molar-refractivity contribution in [3.63, 3.8) is 0 Å². The Morgan fingerprint density at radius 3 is 2.26 bits per heavy atom. The Hall–Kier alpha value is -2.29. The van der Waals surface area contributed by atoms with Crippen molar-refractivity contribution in [3.05, 3.63) is 65.2 Å². The molecule has 0 spiro atoms. The predicted molar refractivity (Wildman–Crippen MR) is 94.9 cm³/mol. The van der Waals surface area contributed by atoms with Crippen LogP contribution in [0.1, 0.15) is 36.5 Å². The lowest BCUT2D eigenvalue weighted by Crippen LogP contribution is -2.35. The van der Waals surface area contributed by atoms with Crippen LogP contribution in [-0.4, -0.2) is 12.6 Å². The molecule has 0 atom stereocenters. The first-order chi connectivity index (χ1) is 11.1. The molecule has 0 saturated heterocycles. The molecule has 1 saturated carbocycles. The molecule has 1 aliphatic rings. The third-order valence-corrected chi connectivity index (χ3v) is 4.72. The van der Waals surface area contributed by atoms with Crippen molar-refractivity contribution >= 4 is 11.7 Å². The average molecular weight is 308 g/mol. The SMILES string of the molecule is CCc1ccc(NC(=O)NCC2(c3ccc(C)cc3)CC2)cc1. The first-order valence-corrected chi connectivity index (χ1v) is 8.32. The number of anilines is 1. The van der Waals surface area contributed by atoms with E-state index in [9.17, 15) is 4.79 Å². The van der Waals surface area contributed by atoms with E-state index in [1.165, 1.54) is 16.7 Å². The van der Waals surface area contributed by atoms with Gasteiger partial charge in [-0.25, -0.2) is 4.79 Å². The van der Waals surface area contributed by atoms with E-state index >= 15 is 0 Å². The highest BCUT2D eigenvalue weighted by Crippen LogP contribution is 2.47. The molecule has 2 aromatic carbocycles. The summed E-state index contributed by atoms with van der Waals surface area (Å²) >= 11 is 0. The number of carbonyl (C=O) groups excluding carboxylic acids is 1. The lowest BCUT2D eigenvalue weighted by atomic mass is 9.95. The van der Waals surface area contributed by atoms with Crippen LogP contribution in [0.25, 0.3) is 0 Å². The van der Waals surface area contributed by atoms with Crippen LogP contribution in [0.2, 0.25) is 0 Å². The Morgan fingerprint density at radius 1 is 1.04 bits per heavy atom. The number of hydrogen-bond donors (Lipinski definition) is 2. The molecule has 1 aliphatic carbocycles. The number of urea groups is 1. The molecule has 2 amide bonds. The average Bonchev–Trinajstić information content (AvgIpc) is 3.35. The molecule has 0 heterocycles. The minimum Gasteiger partial charge on any atom is -0.337 e. The van der Waals surface area contributed by atoms with E-state index in [1.54, 1.807) is 0 Å². The molecule has 1 fully saturated rings. The van der Waals surface area contributed by atoms with Crippen LogP contribution >= 0.6 is 0 Å². The molecular formula is C20H24N2O. The minimum absolute atomic E-state index is 0.132. The van der Waals surface area contributed by atoms with E-state index in [0.29, 0.717) is 6.54 Å². The number of carbonyl (C=O) groups is 1. The second-order valence-electron chi connectivity index (χ2n) is 6.50. The summed E-state index contributed by atoms with van der Waals surface area (Å²) in [5.74, 6) is 0. The fraction of sp³-hybridized carbons (Fsp3) is 0.350. The maximum atomic E-state index is 12.1. The van der Waals surface area contributed by atoms with Gasteiger partial charge in [0.1, 0.15) is 0 Å². The van der Waals surface area contributed by atoms with E-state index in [2.05, 4.69) is 48.7 Å². The zero-order valence-corrected chi connectivity index (χ0v) is 13.9. The fourth-order valence-corrected chi connectivity index (χ4v) is 2.87. The van der Waals surface area contributed by atoms with Crippen LogP contribution in [0.3, 0.4) is 0 Å². The Bertz CT molecular complexity index is 670. The lowest BCUT2D eigenvalue weighted by molar-refractivity contribution is 0.251. The summed E-state index contributed by atoms with van der Waals surface area (Å²) < 4.78 is 0. The van der Waals surface area contributed by atoms with Gasteiger partial charge in [0.05, 0.1) is 0 Å². The monoisotopic (exact) mass is 308 g/mol. The zero-order chi connectivity index (χ0) is 16.3. The van der Waals surface area contributed by atoms with Gasteiger partial charge >= 0.3 is 6.03 Å². The molecule has 0 bridgehead atoms. The summed E-state index contributed by atoms with van der Waals surface area (Å²) in [5, 5.41) is 5.93. The van der Waals surface area contributed by atoms with Crippen molar-refractivity contribution in [2.45, 2.75) is 38.5 Å². The second-order valence-corrected chi connectivity index (χ2v) is 6.50. The van der Waals surface area contributed by atoms with E-state index in [1.807, 2.05) is 24.3 Å². The largest absolute Gasteiger partial charge is 0.337 e. The van der Waals surface area contributed by atoms with E-state index in [0.717, 1.165) is 24.9 Å². The summed E-state index contributed by atoms with van der Waals surface area (Å²) in [7, 11) is 0. The van der Waals surface area contributed by atoms with Crippen molar-refractivity contribution in [3.8, 4) is 0 Å². The van der Waals surface area contributed by atoms with Crippen LogP contribution in [0.4, 0.5) is 10.5 Å². The summed E-state index contributed by atoms with van der Waals surface area (Å²) in [6.07, 6.45) is 3.29. The van der Waals surface area contributed by atoms with Crippen molar-refractivity contribution in [1.29, 1.82) is 0 Å². The van der Waals surface area contributed by atoms with Gasteiger partial charge in [0, 0.05) is 17.6 Å². The predicted octanol–water partition coefficient (Wildman–Crippen LogP) is 4.41. The fourth-order valence-electron chi connectivity index (χ4n) is 2.87. The Morgan fingerprint density at radius 2 is 1.70 bits per heavy atom. The molecule has 0 radical (unpaired) electrons. The molecule has 3 rings (SSSR count). The van der Waals surface area contributed by atoms with Crippen molar-refractivity contribution in [1.82, 2.24) is 5.32 Å². The number of hydrogen-bond acceptors (Lipinski definition) is 1. The highest BCUT2D eigenvalue weighted by Gasteiger charge is 2.44. The van der Waals surface area contributed by atoms with Gasteiger partial charge in [0.15, 0.2) is 0 Å². The minimum atomic E-state index is -0.132. The molecular weight excluding hydrogens is 284 g/mol. The topological polar surface area (TPSA) is 41.1 Å².